The van der Waals surface area contributed by atoms with E-state index in [4.69, 9.17) is 0 Å². The van der Waals surface area contributed by atoms with Crippen LogP contribution in [0.5, 0.6) is 0 Å². The number of hydrogen-bond donors (Lipinski definition) is 0. The van der Waals surface area contributed by atoms with Crippen molar-refractivity contribution < 1.29 is 0 Å². The molecule has 74 valence electrons. The van der Waals surface area contributed by atoms with E-state index in [1.54, 1.807) is 0 Å². The fourth-order valence-corrected chi connectivity index (χ4v) is 1.42. The first-order chi connectivity index (χ1) is 6.31. The molecule has 0 bridgehead atoms. The maximum Gasteiger partial charge on any atom is 0.0384 e. The highest BCUT2D eigenvalue weighted by molar-refractivity contribution is 6.32. The summed E-state index contributed by atoms with van der Waals surface area (Å²) in [5.41, 5.74) is 0. The van der Waals surface area contributed by atoms with Crippen LogP contribution in [0.4, 0.5) is 0 Å². The van der Waals surface area contributed by atoms with Gasteiger partial charge in [0, 0.05) is 10.2 Å². The molecule has 0 nitrogen and oxygen atoms in total. The van der Waals surface area contributed by atoms with Gasteiger partial charge in [0.2, 0.25) is 0 Å². The lowest BCUT2D eigenvalue weighted by Gasteiger charge is -1.86. The average molecular weight is 194 g/mol. The van der Waals surface area contributed by atoms with Crippen molar-refractivity contribution in [1.82, 2.24) is 0 Å². The summed E-state index contributed by atoms with van der Waals surface area (Å²) >= 11 is 0. The maximum atomic E-state index is 2.23. The van der Waals surface area contributed by atoms with E-state index in [9.17, 15) is 0 Å². The van der Waals surface area contributed by atoms with Crippen LogP contribution in [0.1, 0.15) is 39.5 Å². The molecular weight excluding hydrogens is 172 g/mol. The van der Waals surface area contributed by atoms with Crippen LogP contribution in [0.25, 0.3) is 0 Å². The highest BCUT2D eigenvalue weighted by Gasteiger charge is 1.75. The average Bonchev–Trinajstić information content (AvgIpc) is 2.17. The molecule has 0 aromatic heterocycles. The molecule has 0 saturated carbocycles. The maximum absolute atomic E-state index is 2.23. The Morgan fingerprint density at radius 2 is 1.38 bits per heavy atom. The minimum Gasteiger partial charge on any atom is -0.0708 e. The SMILES string of the molecule is CCCCCC.[SiH3]c1ccccc1. The van der Waals surface area contributed by atoms with Gasteiger partial charge < -0.3 is 0 Å². The molecular formula is C12H22Si. The van der Waals surface area contributed by atoms with Crippen LogP contribution in [0.3, 0.4) is 0 Å². The fourth-order valence-electron chi connectivity index (χ4n) is 1.03. The van der Waals surface area contributed by atoms with E-state index in [0.29, 0.717) is 0 Å². The van der Waals surface area contributed by atoms with Crippen molar-refractivity contribution in [3.8, 4) is 0 Å². The van der Waals surface area contributed by atoms with Gasteiger partial charge in [0.25, 0.3) is 0 Å². The first kappa shape index (κ1) is 12.4. The van der Waals surface area contributed by atoms with Gasteiger partial charge in [-0.2, -0.15) is 0 Å². The molecule has 1 heteroatoms. The van der Waals surface area contributed by atoms with Crippen molar-refractivity contribution in [1.29, 1.82) is 0 Å². The second-order valence-corrected chi connectivity index (χ2v) is 4.52. The molecule has 0 fully saturated rings. The molecule has 0 amide bonds. The third kappa shape index (κ3) is 9.35. The zero-order valence-electron chi connectivity index (χ0n) is 9.22. The molecule has 0 atom stereocenters. The summed E-state index contributed by atoms with van der Waals surface area (Å²) in [6.07, 6.45) is 5.54. The summed E-state index contributed by atoms with van der Waals surface area (Å²) in [6, 6.07) is 10.5. The van der Waals surface area contributed by atoms with E-state index in [-0.39, 0.29) is 0 Å². The Balaban J connectivity index is 0.000000226. The summed E-state index contributed by atoms with van der Waals surface area (Å²) in [5.74, 6) is 0. The minimum absolute atomic E-state index is 1.17. The van der Waals surface area contributed by atoms with Crippen LogP contribution < -0.4 is 5.19 Å². The second-order valence-electron chi connectivity index (χ2n) is 3.36. The molecule has 13 heavy (non-hydrogen) atoms. The number of unbranched alkanes of at least 4 members (excludes halogenated alkanes) is 3. The lowest BCUT2D eigenvalue weighted by Crippen LogP contribution is -1.97. The predicted molar refractivity (Wildman–Crippen MR) is 65.8 cm³/mol. The van der Waals surface area contributed by atoms with Crippen LogP contribution in [0.15, 0.2) is 30.3 Å². The Morgan fingerprint density at radius 1 is 0.923 bits per heavy atom. The van der Waals surface area contributed by atoms with E-state index in [1.807, 2.05) is 6.07 Å². The Bertz CT molecular complexity index is 178. The molecule has 0 aliphatic heterocycles. The molecule has 1 aromatic carbocycles. The third-order valence-corrected chi connectivity index (χ3v) is 2.56. The Morgan fingerprint density at radius 3 is 1.62 bits per heavy atom. The predicted octanol–water partition coefficient (Wildman–Crippen LogP) is 2.26. The van der Waals surface area contributed by atoms with Crippen LogP contribution in [-0.4, -0.2) is 10.2 Å². The number of benzene rings is 1. The van der Waals surface area contributed by atoms with Gasteiger partial charge in [-0.15, -0.1) is 0 Å². The largest absolute Gasteiger partial charge is 0.0708 e. The first-order valence-corrected chi connectivity index (χ1v) is 6.32. The van der Waals surface area contributed by atoms with Crippen molar-refractivity contribution in [3.05, 3.63) is 30.3 Å². The lowest BCUT2D eigenvalue weighted by atomic mass is 10.2. The summed E-state index contributed by atoms with van der Waals surface area (Å²) in [7, 11) is 1.17. The van der Waals surface area contributed by atoms with E-state index in [2.05, 4.69) is 38.1 Å². The van der Waals surface area contributed by atoms with Crippen LogP contribution in [0, 0.1) is 0 Å². The van der Waals surface area contributed by atoms with Crippen molar-refractivity contribution >= 4 is 15.4 Å². The van der Waals surface area contributed by atoms with Crippen molar-refractivity contribution in [2.75, 3.05) is 0 Å². The van der Waals surface area contributed by atoms with Crippen LogP contribution in [-0.2, 0) is 0 Å². The number of rotatable bonds is 3. The monoisotopic (exact) mass is 194 g/mol. The Kier molecular flexibility index (Phi) is 9.11. The summed E-state index contributed by atoms with van der Waals surface area (Å²) < 4.78 is 0. The van der Waals surface area contributed by atoms with E-state index in [1.165, 1.54) is 41.1 Å². The molecule has 0 saturated heterocycles. The normalized spacial score (nSPS) is 9.08. The van der Waals surface area contributed by atoms with Gasteiger partial charge in [-0.25, -0.2) is 0 Å². The van der Waals surface area contributed by atoms with Gasteiger partial charge in [0.15, 0.2) is 0 Å². The molecule has 0 spiro atoms. The zero-order chi connectivity index (χ0) is 9.94. The highest BCUT2D eigenvalue weighted by Crippen LogP contribution is 1.95. The number of hydrogen-bond acceptors (Lipinski definition) is 0. The fraction of sp³-hybridized carbons (Fsp3) is 0.500. The minimum atomic E-state index is 1.17. The standard InChI is InChI=1S/C6H8Si.C6H14/c7-6-4-2-1-3-5-6;1-3-5-6-4-2/h1-5H,7H3;3-6H2,1-2H3. The molecule has 0 aliphatic rings. The Labute approximate surface area is 85.8 Å². The molecule has 0 radical (unpaired) electrons. The summed E-state index contributed by atoms with van der Waals surface area (Å²) in [4.78, 5) is 0. The molecule has 0 unspecified atom stereocenters. The first-order valence-electron chi connectivity index (χ1n) is 5.32. The quantitative estimate of drug-likeness (QED) is 0.511. The van der Waals surface area contributed by atoms with E-state index < -0.39 is 0 Å². The lowest BCUT2D eigenvalue weighted by molar-refractivity contribution is 0.702. The molecule has 1 rings (SSSR count). The molecule has 0 N–H and O–H groups in total. The third-order valence-electron chi connectivity index (χ3n) is 1.90. The van der Waals surface area contributed by atoms with Crippen molar-refractivity contribution in [2.24, 2.45) is 0 Å². The van der Waals surface area contributed by atoms with Gasteiger partial charge >= 0.3 is 0 Å². The molecule has 0 heterocycles. The zero-order valence-corrected chi connectivity index (χ0v) is 11.2. The van der Waals surface area contributed by atoms with E-state index >= 15 is 0 Å². The Hall–Kier alpha value is -0.563. The van der Waals surface area contributed by atoms with Gasteiger partial charge in [-0.3, -0.25) is 0 Å². The van der Waals surface area contributed by atoms with Gasteiger partial charge in [-0.1, -0.05) is 75.0 Å². The van der Waals surface area contributed by atoms with Crippen LogP contribution >= 0.6 is 0 Å². The molecule has 0 aliphatic carbocycles. The topological polar surface area (TPSA) is 0 Å². The highest BCUT2D eigenvalue weighted by atomic mass is 28.1. The van der Waals surface area contributed by atoms with Gasteiger partial charge in [-0.05, 0) is 0 Å². The smallest absolute Gasteiger partial charge is 0.0384 e. The van der Waals surface area contributed by atoms with Gasteiger partial charge in [0.1, 0.15) is 0 Å². The summed E-state index contributed by atoms with van der Waals surface area (Å²) in [6.45, 7) is 4.46. The molecule has 1 aromatic rings. The van der Waals surface area contributed by atoms with Crippen molar-refractivity contribution in [3.63, 3.8) is 0 Å². The van der Waals surface area contributed by atoms with Crippen molar-refractivity contribution in [2.45, 2.75) is 39.5 Å². The second kappa shape index (κ2) is 9.52. The van der Waals surface area contributed by atoms with Gasteiger partial charge in [0.05, 0.1) is 0 Å². The van der Waals surface area contributed by atoms with E-state index in [0.717, 1.165) is 0 Å². The van der Waals surface area contributed by atoms with Crippen LogP contribution in [0.2, 0.25) is 0 Å². The summed E-state index contributed by atoms with van der Waals surface area (Å²) in [5, 5.41) is 1.46.